The molecule has 0 aromatic rings. The maximum atomic E-state index is 12.5. The molecule has 0 spiro atoms. The fraction of sp³-hybridized carbons (Fsp3) is 1.00. The third-order valence-electron chi connectivity index (χ3n) is 4.18. The molecule has 2 aliphatic heterocycles. The summed E-state index contributed by atoms with van der Waals surface area (Å²) in [5, 5.41) is 13.1. The van der Waals surface area contributed by atoms with Crippen molar-refractivity contribution in [2.45, 2.75) is 32.3 Å². The van der Waals surface area contributed by atoms with Crippen LogP contribution >= 0.6 is 0 Å². The summed E-state index contributed by atoms with van der Waals surface area (Å²) >= 11 is 0. The number of piperazine rings is 1. The van der Waals surface area contributed by atoms with E-state index in [9.17, 15) is 13.5 Å². The Balaban J connectivity index is 1.82. The maximum absolute atomic E-state index is 12.5. The molecule has 0 aliphatic carbocycles. The maximum Gasteiger partial charge on any atom is 0.214 e. The lowest BCUT2D eigenvalue weighted by Crippen LogP contribution is -2.53. The smallest absolute Gasteiger partial charge is 0.214 e. The van der Waals surface area contributed by atoms with E-state index in [4.69, 9.17) is 0 Å². The van der Waals surface area contributed by atoms with Crippen molar-refractivity contribution in [1.82, 2.24) is 14.5 Å². The highest BCUT2D eigenvalue weighted by molar-refractivity contribution is 7.89. The van der Waals surface area contributed by atoms with Gasteiger partial charge in [-0.05, 0) is 45.7 Å². The number of aliphatic hydroxyl groups is 1. The van der Waals surface area contributed by atoms with Gasteiger partial charge in [0.2, 0.25) is 10.0 Å². The topological polar surface area (TPSA) is 72.9 Å². The molecule has 0 aromatic carbocycles. The summed E-state index contributed by atoms with van der Waals surface area (Å²) in [5.74, 6) is 0.518. The van der Waals surface area contributed by atoms with Crippen LogP contribution in [-0.2, 0) is 10.0 Å². The number of nitrogens with zero attached hydrogens (tertiary/aromatic N) is 2. The van der Waals surface area contributed by atoms with Crippen molar-refractivity contribution < 1.29 is 13.5 Å². The van der Waals surface area contributed by atoms with Gasteiger partial charge in [-0.3, -0.25) is 4.90 Å². The molecule has 0 amide bonds. The zero-order valence-electron chi connectivity index (χ0n) is 13.2. The van der Waals surface area contributed by atoms with E-state index in [1.807, 2.05) is 0 Å². The minimum Gasteiger partial charge on any atom is -0.389 e. The van der Waals surface area contributed by atoms with Gasteiger partial charge in [0.05, 0.1) is 11.4 Å². The van der Waals surface area contributed by atoms with E-state index in [-0.39, 0.29) is 11.7 Å². The number of sulfonamides is 1. The molecule has 2 heterocycles. The van der Waals surface area contributed by atoms with Crippen molar-refractivity contribution in [3.8, 4) is 0 Å². The lowest BCUT2D eigenvalue weighted by Gasteiger charge is -2.37. The molecule has 2 saturated heterocycles. The molecule has 2 fully saturated rings. The van der Waals surface area contributed by atoms with Gasteiger partial charge < -0.3 is 10.4 Å². The number of β-amino-alcohol motifs (C(OH)–C–C–N with tert-alkyl or cyclic N) is 1. The lowest BCUT2D eigenvalue weighted by atomic mass is 10.0. The molecule has 2 N–H and O–H groups in total. The number of hydrogen-bond acceptors (Lipinski definition) is 5. The van der Waals surface area contributed by atoms with Crippen LogP contribution in [0, 0.1) is 5.92 Å². The van der Waals surface area contributed by atoms with E-state index in [0.717, 1.165) is 25.9 Å². The Bertz CT molecular complexity index is 419. The van der Waals surface area contributed by atoms with E-state index < -0.39 is 15.6 Å². The number of piperidine rings is 1. The Morgan fingerprint density at radius 2 is 1.90 bits per heavy atom. The van der Waals surface area contributed by atoms with Crippen LogP contribution in [0.5, 0.6) is 0 Å². The highest BCUT2D eigenvalue weighted by atomic mass is 32.2. The summed E-state index contributed by atoms with van der Waals surface area (Å²) in [4.78, 5) is 2.13. The Morgan fingerprint density at radius 3 is 2.43 bits per heavy atom. The first-order valence-electron chi connectivity index (χ1n) is 7.89. The Morgan fingerprint density at radius 1 is 1.24 bits per heavy atom. The van der Waals surface area contributed by atoms with E-state index >= 15 is 0 Å². The molecule has 1 unspecified atom stereocenters. The van der Waals surface area contributed by atoms with Crippen LogP contribution in [0.1, 0.15) is 26.7 Å². The molecule has 0 saturated carbocycles. The van der Waals surface area contributed by atoms with Gasteiger partial charge in [-0.1, -0.05) is 0 Å². The average molecular weight is 319 g/mol. The molecule has 6 nitrogen and oxygen atoms in total. The third kappa shape index (κ3) is 5.49. The SMILES string of the molecule is CC(C)(O)CN1CCN(S(=O)(=O)CC2CCCNC2)CC1. The van der Waals surface area contributed by atoms with Gasteiger partial charge in [0.1, 0.15) is 0 Å². The minimum atomic E-state index is -3.15. The van der Waals surface area contributed by atoms with Crippen LogP contribution in [-0.4, -0.2) is 79.9 Å². The zero-order valence-corrected chi connectivity index (χ0v) is 14.0. The number of hydrogen-bond donors (Lipinski definition) is 2. The highest BCUT2D eigenvalue weighted by Crippen LogP contribution is 2.17. The average Bonchev–Trinajstić information content (AvgIpc) is 2.38. The molecular formula is C14H29N3O3S. The van der Waals surface area contributed by atoms with E-state index in [1.54, 1.807) is 18.2 Å². The fourth-order valence-corrected chi connectivity index (χ4v) is 4.99. The van der Waals surface area contributed by atoms with Crippen molar-refractivity contribution in [3.05, 3.63) is 0 Å². The molecule has 2 rings (SSSR count). The van der Waals surface area contributed by atoms with Crippen molar-refractivity contribution in [2.24, 2.45) is 5.92 Å². The summed E-state index contributed by atoms with van der Waals surface area (Å²) in [7, 11) is -3.15. The third-order valence-corrected chi connectivity index (χ3v) is 6.23. The second-order valence-corrected chi connectivity index (χ2v) is 8.99. The first kappa shape index (κ1) is 17.1. The van der Waals surface area contributed by atoms with Crippen molar-refractivity contribution in [1.29, 1.82) is 0 Å². The van der Waals surface area contributed by atoms with E-state index in [1.165, 1.54) is 0 Å². The Hall–Kier alpha value is -0.210. The quantitative estimate of drug-likeness (QED) is 0.728. The van der Waals surface area contributed by atoms with Gasteiger partial charge in [0.15, 0.2) is 0 Å². The van der Waals surface area contributed by atoms with Crippen molar-refractivity contribution >= 4 is 10.0 Å². The highest BCUT2D eigenvalue weighted by Gasteiger charge is 2.31. The molecule has 0 bridgehead atoms. The molecule has 0 radical (unpaired) electrons. The lowest BCUT2D eigenvalue weighted by molar-refractivity contribution is 0.0262. The number of nitrogens with one attached hydrogen (secondary N) is 1. The van der Waals surface area contributed by atoms with Crippen LogP contribution in [0.15, 0.2) is 0 Å². The molecule has 1 atom stereocenters. The van der Waals surface area contributed by atoms with Gasteiger partial charge in [-0.25, -0.2) is 8.42 Å². The predicted octanol–water partition coefficient (Wildman–Crippen LogP) is -0.296. The number of rotatable bonds is 5. The Labute approximate surface area is 128 Å². The standard InChI is InChI=1S/C14H29N3O3S/c1-14(2,18)12-16-6-8-17(9-7-16)21(19,20)11-13-4-3-5-15-10-13/h13,15,18H,3-12H2,1-2H3. The molecule has 124 valence electrons. The molecule has 2 aliphatic rings. The second kappa shape index (κ2) is 6.91. The van der Waals surface area contributed by atoms with Crippen LogP contribution in [0.4, 0.5) is 0 Å². The second-order valence-electron chi connectivity index (χ2n) is 6.98. The van der Waals surface area contributed by atoms with Gasteiger partial charge in [-0.2, -0.15) is 4.31 Å². The van der Waals surface area contributed by atoms with Gasteiger partial charge in [0, 0.05) is 32.7 Å². The van der Waals surface area contributed by atoms with E-state index in [2.05, 4.69) is 10.2 Å². The summed E-state index contributed by atoms with van der Waals surface area (Å²) in [6, 6.07) is 0. The van der Waals surface area contributed by atoms with Crippen LogP contribution in [0.2, 0.25) is 0 Å². The van der Waals surface area contributed by atoms with Gasteiger partial charge in [-0.15, -0.1) is 0 Å². The van der Waals surface area contributed by atoms with Gasteiger partial charge in [0.25, 0.3) is 0 Å². The van der Waals surface area contributed by atoms with E-state index in [0.29, 0.717) is 32.7 Å². The van der Waals surface area contributed by atoms with Crippen LogP contribution in [0.3, 0.4) is 0 Å². The molecule has 21 heavy (non-hydrogen) atoms. The normalized spacial score (nSPS) is 26.9. The van der Waals surface area contributed by atoms with Crippen LogP contribution < -0.4 is 5.32 Å². The predicted molar refractivity (Wildman–Crippen MR) is 83.7 cm³/mol. The first-order chi connectivity index (χ1) is 9.76. The molecule has 0 aromatic heterocycles. The molecule has 7 heteroatoms. The first-order valence-corrected chi connectivity index (χ1v) is 9.50. The summed E-state index contributed by atoms with van der Waals surface area (Å²) in [5.41, 5.74) is -0.727. The van der Waals surface area contributed by atoms with Crippen molar-refractivity contribution in [3.63, 3.8) is 0 Å². The zero-order chi connectivity index (χ0) is 15.5. The van der Waals surface area contributed by atoms with Crippen LogP contribution in [0.25, 0.3) is 0 Å². The fourth-order valence-electron chi connectivity index (χ4n) is 3.18. The van der Waals surface area contributed by atoms with Crippen molar-refractivity contribution in [2.75, 3.05) is 51.6 Å². The Kier molecular flexibility index (Phi) is 5.65. The largest absolute Gasteiger partial charge is 0.389 e. The monoisotopic (exact) mass is 319 g/mol. The van der Waals surface area contributed by atoms with Gasteiger partial charge >= 0.3 is 0 Å². The summed E-state index contributed by atoms with van der Waals surface area (Å²) in [6.07, 6.45) is 2.07. The summed E-state index contributed by atoms with van der Waals surface area (Å²) < 4.78 is 26.6. The molecular weight excluding hydrogens is 290 g/mol. The summed E-state index contributed by atoms with van der Waals surface area (Å²) in [6.45, 7) is 8.46. The minimum absolute atomic E-state index is 0.248.